The monoisotopic (exact) mass is 422 g/mol. The zero-order valence-corrected chi connectivity index (χ0v) is 18.1. The van der Waals surface area contributed by atoms with Crippen LogP contribution in [0.2, 0.25) is 0 Å². The average molecular weight is 423 g/mol. The third kappa shape index (κ3) is 5.73. The molecular formula is C23H26N4O2S. The van der Waals surface area contributed by atoms with E-state index in [1.807, 2.05) is 66.5 Å². The van der Waals surface area contributed by atoms with E-state index in [1.54, 1.807) is 6.08 Å². The van der Waals surface area contributed by atoms with E-state index < -0.39 is 0 Å². The molecule has 0 aliphatic carbocycles. The van der Waals surface area contributed by atoms with E-state index in [0.29, 0.717) is 23.4 Å². The van der Waals surface area contributed by atoms with Crippen LogP contribution in [0.3, 0.4) is 0 Å². The highest BCUT2D eigenvalue weighted by atomic mass is 32.2. The minimum atomic E-state index is -0.141. The molecule has 1 unspecified atom stereocenters. The summed E-state index contributed by atoms with van der Waals surface area (Å²) in [5.74, 6) is 1.35. The lowest BCUT2D eigenvalue weighted by atomic mass is 10.1. The fourth-order valence-corrected chi connectivity index (χ4v) is 3.56. The van der Waals surface area contributed by atoms with Gasteiger partial charge in [0.25, 0.3) is 0 Å². The van der Waals surface area contributed by atoms with Crippen molar-refractivity contribution in [1.29, 1.82) is 0 Å². The van der Waals surface area contributed by atoms with E-state index in [-0.39, 0.29) is 17.7 Å². The number of anilines is 1. The maximum atomic E-state index is 12.5. The Morgan fingerprint density at radius 1 is 1.23 bits per heavy atom. The highest BCUT2D eigenvalue weighted by molar-refractivity contribution is 8.14. The van der Waals surface area contributed by atoms with Crippen LogP contribution in [0.15, 0.2) is 77.3 Å². The van der Waals surface area contributed by atoms with Gasteiger partial charge in [-0.15, -0.1) is 11.7 Å². The van der Waals surface area contributed by atoms with Crippen molar-refractivity contribution in [2.24, 2.45) is 10.1 Å². The summed E-state index contributed by atoms with van der Waals surface area (Å²) in [6.07, 6.45) is 2.64. The van der Waals surface area contributed by atoms with Gasteiger partial charge >= 0.3 is 0 Å². The van der Waals surface area contributed by atoms with E-state index >= 15 is 0 Å². The number of nitrogens with one attached hydrogen (secondary N) is 1. The van der Waals surface area contributed by atoms with Gasteiger partial charge in [0, 0.05) is 5.69 Å². The predicted molar refractivity (Wildman–Crippen MR) is 125 cm³/mol. The van der Waals surface area contributed by atoms with Crippen molar-refractivity contribution in [3.63, 3.8) is 0 Å². The lowest BCUT2D eigenvalue weighted by molar-refractivity contribution is -0.113. The topological polar surface area (TPSA) is 66.3 Å². The molecule has 2 aromatic rings. The fraction of sp³-hybridized carbons (Fsp3) is 0.261. The number of amides is 1. The summed E-state index contributed by atoms with van der Waals surface area (Å²) in [5.41, 5.74) is 1.95. The summed E-state index contributed by atoms with van der Waals surface area (Å²) < 4.78 is 5.99. The standard InChI is InChI=1S/C23H26N4O2S/c1-4-15-27-17(3)22(29-19-12-7-6-8-13-19)25-23(26-27)30-16-21(28)24-20-14-10-9-11-18(20)5-2/h4,6-14,17H,1,5,15-16H2,2-3H3,(H,24,28). The number of carbonyl (C=O) groups excluding carboxylic acids is 1. The second-order valence-electron chi connectivity index (χ2n) is 6.68. The highest BCUT2D eigenvalue weighted by Gasteiger charge is 2.26. The van der Waals surface area contributed by atoms with Crippen molar-refractivity contribution in [2.75, 3.05) is 17.6 Å². The molecule has 30 heavy (non-hydrogen) atoms. The predicted octanol–water partition coefficient (Wildman–Crippen LogP) is 4.56. The van der Waals surface area contributed by atoms with E-state index in [1.165, 1.54) is 11.8 Å². The van der Waals surface area contributed by atoms with Gasteiger partial charge in [-0.2, -0.15) is 4.99 Å². The van der Waals surface area contributed by atoms with Gasteiger partial charge in [-0.3, -0.25) is 9.80 Å². The Kier molecular flexibility index (Phi) is 7.68. The molecule has 1 aliphatic heterocycles. The first kappa shape index (κ1) is 21.6. The number of ether oxygens (including phenoxy) is 1. The molecule has 1 heterocycles. The second kappa shape index (κ2) is 10.6. The Balaban J connectivity index is 1.68. The average Bonchev–Trinajstić information content (AvgIpc) is 2.76. The summed E-state index contributed by atoms with van der Waals surface area (Å²) in [6, 6.07) is 17.2. The number of amidine groups is 1. The first-order valence-electron chi connectivity index (χ1n) is 9.89. The van der Waals surface area contributed by atoms with E-state index in [2.05, 4.69) is 28.9 Å². The van der Waals surface area contributed by atoms with Crippen LogP contribution < -0.4 is 10.1 Å². The molecule has 0 radical (unpaired) electrons. The molecule has 0 aromatic heterocycles. The molecule has 156 valence electrons. The first-order chi connectivity index (χ1) is 14.6. The Morgan fingerprint density at radius 3 is 2.70 bits per heavy atom. The lowest BCUT2D eigenvalue weighted by Gasteiger charge is -2.29. The number of rotatable bonds is 7. The molecule has 3 rings (SSSR count). The van der Waals surface area contributed by atoms with Crippen LogP contribution in [-0.2, 0) is 11.2 Å². The maximum Gasteiger partial charge on any atom is 0.234 e. The van der Waals surface area contributed by atoms with Crippen molar-refractivity contribution >= 4 is 34.4 Å². The molecule has 6 nitrogen and oxygen atoms in total. The minimum absolute atomic E-state index is 0.0989. The van der Waals surface area contributed by atoms with Crippen LogP contribution in [-0.4, -0.2) is 40.3 Å². The molecule has 0 bridgehead atoms. The summed E-state index contributed by atoms with van der Waals surface area (Å²) in [4.78, 5) is 17.0. The third-order valence-electron chi connectivity index (χ3n) is 4.51. The summed E-state index contributed by atoms with van der Waals surface area (Å²) in [5, 5.41) is 9.86. The summed E-state index contributed by atoms with van der Waals surface area (Å²) in [6.45, 7) is 8.39. The van der Waals surface area contributed by atoms with Gasteiger partial charge in [0.1, 0.15) is 11.8 Å². The van der Waals surface area contributed by atoms with Gasteiger partial charge in [0.2, 0.25) is 17.0 Å². The van der Waals surface area contributed by atoms with Gasteiger partial charge in [0.05, 0.1) is 12.3 Å². The van der Waals surface area contributed by atoms with Crippen LogP contribution in [0.25, 0.3) is 0 Å². The van der Waals surface area contributed by atoms with Crippen LogP contribution >= 0.6 is 11.8 Å². The SMILES string of the molecule is C=CCN1N=C(SCC(=O)Nc2ccccc2CC)N=C(Oc2ccccc2)C1C. The highest BCUT2D eigenvalue weighted by Crippen LogP contribution is 2.20. The summed E-state index contributed by atoms with van der Waals surface area (Å²) in [7, 11) is 0. The van der Waals surface area contributed by atoms with Crippen molar-refractivity contribution in [3.8, 4) is 5.75 Å². The van der Waals surface area contributed by atoms with E-state index in [0.717, 1.165) is 17.7 Å². The smallest absolute Gasteiger partial charge is 0.234 e. The molecule has 1 amide bonds. The van der Waals surface area contributed by atoms with E-state index in [9.17, 15) is 4.79 Å². The number of hydrogen-bond donors (Lipinski definition) is 1. The number of aliphatic imine (C=N–C) groups is 1. The number of benzene rings is 2. The lowest BCUT2D eigenvalue weighted by Crippen LogP contribution is -2.42. The van der Waals surface area contributed by atoms with E-state index in [4.69, 9.17) is 4.74 Å². The quantitative estimate of drug-likeness (QED) is 0.665. The number of aryl methyl sites for hydroxylation is 1. The minimum Gasteiger partial charge on any atom is -0.441 e. The van der Waals surface area contributed by atoms with Crippen molar-refractivity contribution in [3.05, 3.63) is 72.8 Å². The fourth-order valence-electron chi connectivity index (χ4n) is 2.91. The van der Waals surface area contributed by atoms with Crippen LogP contribution in [0.4, 0.5) is 5.69 Å². The Morgan fingerprint density at radius 2 is 1.97 bits per heavy atom. The number of para-hydroxylation sites is 2. The van der Waals surface area contributed by atoms with Crippen LogP contribution in [0, 0.1) is 0 Å². The number of hydrogen-bond acceptors (Lipinski definition) is 6. The second-order valence-corrected chi connectivity index (χ2v) is 7.62. The van der Waals surface area contributed by atoms with Crippen LogP contribution in [0.5, 0.6) is 5.75 Å². The molecule has 0 fully saturated rings. The van der Waals surface area contributed by atoms with Crippen molar-refractivity contribution < 1.29 is 9.53 Å². The number of nitrogens with zero attached hydrogens (tertiary/aromatic N) is 3. The Hall–Kier alpha value is -3.06. The Bertz CT molecular complexity index is 943. The van der Waals surface area contributed by atoms with Gasteiger partial charge in [-0.1, -0.05) is 61.2 Å². The maximum absolute atomic E-state index is 12.5. The van der Waals surface area contributed by atoms with Gasteiger partial charge in [0.15, 0.2) is 0 Å². The molecule has 2 aromatic carbocycles. The molecule has 0 spiro atoms. The van der Waals surface area contributed by atoms with Crippen LogP contribution in [0.1, 0.15) is 19.4 Å². The van der Waals surface area contributed by atoms with Crippen molar-refractivity contribution in [1.82, 2.24) is 5.01 Å². The zero-order chi connectivity index (χ0) is 21.3. The van der Waals surface area contributed by atoms with Gasteiger partial charge in [-0.05, 0) is 37.1 Å². The normalized spacial score (nSPS) is 15.8. The van der Waals surface area contributed by atoms with Gasteiger partial charge < -0.3 is 10.1 Å². The largest absolute Gasteiger partial charge is 0.441 e. The summed E-state index contributed by atoms with van der Waals surface area (Å²) >= 11 is 1.28. The number of carbonyl (C=O) groups is 1. The molecule has 1 atom stereocenters. The molecule has 1 aliphatic rings. The Labute approximate surface area is 181 Å². The first-order valence-corrected chi connectivity index (χ1v) is 10.9. The molecule has 7 heteroatoms. The van der Waals surface area contributed by atoms with Gasteiger partial charge in [-0.25, -0.2) is 0 Å². The number of hydrazone groups is 1. The third-order valence-corrected chi connectivity index (χ3v) is 5.35. The number of thioether (sulfide) groups is 1. The zero-order valence-electron chi connectivity index (χ0n) is 17.2. The molecule has 0 saturated carbocycles. The molecular weight excluding hydrogens is 396 g/mol. The van der Waals surface area contributed by atoms with Crippen molar-refractivity contribution in [2.45, 2.75) is 26.3 Å². The molecule has 0 saturated heterocycles. The molecule has 1 N–H and O–H groups in total.